The number of benzene rings is 2. The molecule has 2 rings (SSSR count). The molecule has 26 heavy (non-hydrogen) atoms. The van der Waals surface area contributed by atoms with Crippen LogP contribution in [0.1, 0.15) is 16.7 Å². The van der Waals surface area contributed by atoms with Crippen LogP contribution in [0, 0.1) is 0 Å². The van der Waals surface area contributed by atoms with Gasteiger partial charge in [-0.25, -0.2) is 9.59 Å². The molecule has 0 aromatic heterocycles. The minimum absolute atomic E-state index is 0.0530. The average Bonchev–Trinajstić information content (AvgIpc) is 2.60. The fourth-order valence-corrected chi connectivity index (χ4v) is 2.22. The Morgan fingerprint density at radius 3 is 2.31 bits per heavy atom. The van der Waals surface area contributed by atoms with Crippen molar-refractivity contribution in [2.24, 2.45) is 0 Å². The second-order valence-electron chi connectivity index (χ2n) is 5.50. The third-order valence-electron chi connectivity index (χ3n) is 3.50. The molecule has 138 valence electrons. The van der Waals surface area contributed by atoms with E-state index in [4.69, 9.17) is 4.74 Å². The molecule has 0 radical (unpaired) electrons. The average molecular weight is 367 g/mol. The minimum Gasteiger partial charge on any atom is -0.480 e. The van der Waals surface area contributed by atoms with Gasteiger partial charge in [0.2, 0.25) is 0 Å². The highest BCUT2D eigenvalue weighted by molar-refractivity contribution is 5.80. The molecule has 2 aromatic carbocycles. The van der Waals surface area contributed by atoms with Crippen LogP contribution in [0.25, 0.3) is 0 Å². The van der Waals surface area contributed by atoms with Gasteiger partial charge in [0.1, 0.15) is 12.6 Å². The number of nitrogens with one attached hydrogen (secondary N) is 1. The van der Waals surface area contributed by atoms with Crippen LogP contribution in [0.2, 0.25) is 0 Å². The standard InChI is InChI=1S/C18H16F3NO4/c19-18(20,21)14-8-4-7-13(9-14)10-15(16(23)24)22-17(25)26-11-12-5-2-1-3-6-12/h1-9,15H,10-11H2,(H,22,25)(H,23,24)/t15-/m0/s1. The Balaban J connectivity index is 1.98. The van der Waals surface area contributed by atoms with E-state index in [-0.39, 0.29) is 18.6 Å². The van der Waals surface area contributed by atoms with E-state index in [1.54, 1.807) is 30.3 Å². The summed E-state index contributed by atoms with van der Waals surface area (Å²) in [6, 6.07) is 11.6. The number of hydrogen-bond donors (Lipinski definition) is 2. The molecule has 0 unspecified atom stereocenters. The molecule has 0 spiro atoms. The zero-order chi connectivity index (χ0) is 19.2. The molecule has 0 aliphatic heterocycles. The maximum Gasteiger partial charge on any atom is 0.416 e. The predicted octanol–water partition coefficient (Wildman–Crippen LogP) is 3.63. The monoisotopic (exact) mass is 367 g/mol. The highest BCUT2D eigenvalue weighted by Crippen LogP contribution is 2.29. The highest BCUT2D eigenvalue weighted by Gasteiger charge is 2.31. The van der Waals surface area contributed by atoms with Crippen molar-refractivity contribution >= 4 is 12.1 Å². The maximum absolute atomic E-state index is 12.7. The first-order valence-corrected chi connectivity index (χ1v) is 7.62. The van der Waals surface area contributed by atoms with E-state index < -0.39 is 29.8 Å². The molecule has 0 aliphatic carbocycles. The minimum atomic E-state index is -4.53. The zero-order valence-electron chi connectivity index (χ0n) is 13.5. The molecule has 0 heterocycles. The smallest absolute Gasteiger partial charge is 0.416 e. The molecular formula is C18H16F3NO4. The van der Waals surface area contributed by atoms with Gasteiger partial charge in [-0.3, -0.25) is 0 Å². The van der Waals surface area contributed by atoms with Crippen LogP contribution in [0.5, 0.6) is 0 Å². The number of alkyl carbamates (subject to hydrolysis) is 1. The predicted molar refractivity (Wildman–Crippen MR) is 86.3 cm³/mol. The Hall–Kier alpha value is -3.03. The molecular weight excluding hydrogens is 351 g/mol. The van der Waals surface area contributed by atoms with Crippen LogP contribution in [-0.2, 0) is 28.7 Å². The van der Waals surface area contributed by atoms with Crippen LogP contribution in [-0.4, -0.2) is 23.2 Å². The summed E-state index contributed by atoms with van der Waals surface area (Å²) in [6.07, 6.45) is -5.80. The largest absolute Gasteiger partial charge is 0.480 e. The quantitative estimate of drug-likeness (QED) is 0.818. The van der Waals surface area contributed by atoms with Gasteiger partial charge in [-0.15, -0.1) is 0 Å². The molecule has 2 aromatic rings. The molecule has 1 amide bonds. The number of aliphatic carboxylic acids is 1. The number of rotatable bonds is 6. The van der Waals surface area contributed by atoms with Crippen molar-refractivity contribution in [2.45, 2.75) is 25.2 Å². The molecule has 0 aliphatic rings. The Morgan fingerprint density at radius 2 is 1.69 bits per heavy atom. The fraction of sp³-hybridized carbons (Fsp3) is 0.222. The van der Waals surface area contributed by atoms with Gasteiger partial charge >= 0.3 is 18.2 Å². The summed E-state index contributed by atoms with van der Waals surface area (Å²) in [5.41, 5.74) is -0.0335. The number of hydrogen-bond acceptors (Lipinski definition) is 3. The first-order chi connectivity index (χ1) is 12.3. The molecule has 0 saturated carbocycles. The van der Waals surface area contributed by atoms with Gasteiger partial charge in [0, 0.05) is 6.42 Å². The number of alkyl halides is 3. The molecule has 2 N–H and O–H groups in total. The van der Waals surface area contributed by atoms with E-state index in [1.807, 2.05) is 0 Å². The van der Waals surface area contributed by atoms with Crippen molar-refractivity contribution in [3.8, 4) is 0 Å². The number of carbonyl (C=O) groups excluding carboxylic acids is 1. The van der Waals surface area contributed by atoms with Gasteiger partial charge in [-0.2, -0.15) is 13.2 Å². The summed E-state index contributed by atoms with van der Waals surface area (Å²) in [7, 11) is 0. The molecule has 0 fully saturated rings. The Kier molecular flexibility index (Phi) is 6.21. The van der Waals surface area contributed by atoms with Gasteiger partial charge in [-0.1, -0.05) is 48.5 Å². The second kappa shape index (κ2) is 8.37. The Bertz CT molecular complexity index is 763. The number of ether oxygens (including phenoxy) is 1. The van der Waals surface area contributed by atoms with Crippen molar-refractivity contribution in [1.29, 1.82) is 0 Å². The summed E-state index contributed by atoms with van der Waals surface area (Å²) in [5.74, 6) is -1.38. The van der Waals surface area contributed by atoms with Crippen molar-refractivity contribution in [1.82, 2.24) is 5.32 Å². The molecule has 8 heteroatoms. The lowest BCUT2D eigenvalue weighted by molar-refractivity contribution is -0.139. The van der Waals surface area contributed by atoms with Gasteiger partial charge in [-0.05, 0) is 17.2 Å². The van der Waals surface area contributed by atoms with E-state index in [1.165, 1.54) is 12.1 Å². The zero-order valence-corrected chi connectivity index (χ0v) is 13.5. The van der Waals surface area contributed by atoms with Gasteiger partial charge in [0.25, 0.3) is 0 Å². The van der Waals surface area contributed by atoms with Gasteiger partial charge in [0.05, 0.1) is 5.56 Å². The third-order valence-corrected chi connectivity index (χ3v) is 3.50. The van der Waals surface area contributed by atoms with E-state index >= 15 is 0 Å². The number of carbonyl (C=O) groups is 2. The van der Waals surface area contributed by atoms with Crippen molar-refractivity contribution in [3.05, 3.63) is 71.3 Å². The number of amides is 1. The van der Waals surface area contributed by atoms with Crippen LogP contribution in [0.15, 0.2) is 54.6 Å². The van der Waals surface area contributed by atoms with Crippen LogP contribution in [0.3, 0.4) is 0 Å². The lowest BCUT2D eigenvalue weighted by Gasteiger charge is -2.16. The van der Waals surface area contributed by atoms with Crippen molar-refractivity contribution in [3.63, 3.8) is 0 Å². The molecule has 5 nitrogen and oxygen atoms in total. The maximum atomic E-state index is 12.7. The van der Waals surface area contributed by atoms with E-state index in [0.717, 1.165) is 12.1 Å². The lowest BCUT2D eigenvalue weighted by atomic mass is 10.0. The van der Waals surface area contributed by atoms with E-state index in [9.17, 15) is 27.9 Å². The van der Waals surface area contributed by atoms with Crippen molar-refractivity contribution < 1.29 is 32.6 Å². The van der Waals surface area contributed by atoms with Crippen LogP contribution < -0.4 is 5.32 Å². The topological polar surface area (TPSA) is 75.6 Å². The molecule has 1 atom stereocenters. The Labute approximate surface area is 147 Å². The molecule has 0 saturated heterocycles. The van der Waals surface area contributed by atoms with E-state index in [0.29, 0.717) is 5.56 Å². The van der Waals surface area contributed by atoms with Gasteiger partial charge in [0.15, 0.2) is 0 Å². The second-order valence-corrected chi connectivity index (χ2v) is 5.50. The van der Waals surface area contributed by atoms with Crippen LogP contribution >= 0.6 is 0 Å². The highest BCUT2D eigenvalue weighted by atomic mass is 19.4. The summed E-state index contributed by atoms with van der Waals surface area (Å²) >= 11 is 0. The van der Waals surface area contributed by atoms with Gasteiger partial charge < -0.3 is 15.2 Å². The van der Waals surface area contributed by atoms with E-state index in [2.05, 4.69) is 5.32 Å². The Morgan fingerprint density at radius 1 is 1.04 bits per heavy atom. The fourth-order valence-electron chi connectivity index (χ4n) is 2.22. The van der Waals surface area contributed by atoms with Crippen molar-refractivity contribution in [2.75, 3.05) is 0 Å². The molecule has 0 bridgehead atoms. The third kappa shape index (κ3) is 5.80. The first kappa shape index (κ1) is 19.3. The normalized spacial score (nSPS) is 12.3. The lowest BCUT2D eigenvalue weighted by Crippen LogP contribution is -2.42. The number of carboxylic acid groups (broad SMARTS) is 1. The number of carboxylic acids is 1. The summed E-state index contributed by atoms with van der Waals surface area (Å²) < 4.78 is 43.1. The van der Waals surface area contributed by atoms with Crippen LogP contribution in [0.4, 0.5) is 18.0 Å². The summed E-state index contributed by atoms with van der Waals surface area (Å²) in [4.78, 5) is 23.1. The first-order valence-electron chi connectivity index (χ1n) is 7.62. The number of halogens is 3. The summed E-state index contributed by atoms with van der Waals surface area (Å²) in [6.45, 7) is -0.0530. The summed E-state index contributed by atoms with van der Waals surface area (Å²) in [5, 5.41) is 11.4. The SMILES string of the molecule is O=C(N[C@@H](Cc1cccc(C(F)(F)F)c1)C(=O)O)OCc1ccccc1.